The molecule has 0 saturated heterocycles. The van der Waals surface area contributed by atoms with Gasteiger partial charge < -0.3 is 29.6 Å². The Labute approximate surface area is 324 Å². The van der Waals surface area contributed by atoms with Crippen molar-refractivity contribution in [2.24, 2.45) is 0 Å². The van der Waals surface area contributed by atoms with E-state index in [1.807, 2.05) is 0 Å². The van der Waals surface area contributed by atoms with Gasteiger partial charge in [-0.05, 0) is 71.8 Å². The molecule has 0 bridgehead atoms. The molecule has 4 N–H and O–H groups in total. The van der Waals surface area contributed by atoms with E-state index in [0.29, 0.717) is 23.6 Å². The van der Waals surface area contributed by atoms with E-state index in [9.17, 15) is 43.9 Å². The molecule has 5 rings (SSSR count). The van der Waals surface area contributed by atoms with Gasteiger partial charge in [0.1, 0.15) is 9.79 Å². The molecular formula is C34H28Cl2N2O14S3. The van der Waals surface area contributed by atoms with Crippen LogP contribution in [0.25, 0.3) is 23.3 Å². The third kappa shape index (κ3) is 8.13. The summed E-state index contributed by atoms with van der Waals surface area (Å²) in [6.45, 7) is 0. The van der Waals surface area contributed by atoms with E-state index in [2.05, 4.69) is 10.6 Å². The number of benzene rings is 4. The molecule has 21 heteroatoms. The number of rotatable bonds is 12. The first-order chi connectivity index (χ1) is 25.8. The Kier molecular flexibility index (Phi) is 11.6. The molecule has 1 heterocycles. The molecule has 0 aliphatic carbocycles. The summed E-state index contributed by atoms with van der Waals surface area (Å²) in [4.78, 5) is 22.8. The van der Waals surface area contributed by atoms with E-state index in [1.54, 1.807) is 0 Å². The largest absolute Gasteiger partial charge is 0.493 e. The molecule has 0 spiro atoms. The zero-order valence-electron chi connectivity index (χ0n) is 28.7. The summed E-state index contributed by atoms with van der Waals surface area (Å²) in [6.07, 6.45) is 4.38. The third-order valence-electron chi connectivity index (χ3n) is 7.96. The topological polar surface area (TPSA) is 238 Å². The normalized spacial score (nSPS) is 13.3. The lowest BCUT2D eigenvalue weighted by molar-refractivity contribution is -0.112. The van der Waals surface area contributed by atoms with Crippen LogP contribution in [0.2, 0.25) is 10.0 Å². The zero-order valence-corrected chi connectivity index (χ0v) is 32.7. The van der Waals surface area contributed by atoms with Crippen LogP contribution >= 0.6 is 23.2 Å². The van der Waals surface area contributed by atoms with Gasteiger partial charge in [-0.1, -0.05) is 23.2 Å². The molecule has 0 unspecified atom stereocenters. The number of sulfone groups is 1. The van der Waals surface area contributed by atoms with Gasteiger partial charge >= 0.3 is 0 Å². The Bertz CT molecular complexity index is 2500. The SMILES string of the molecule is COc1ccc(C=CC(=O)Nc2cc3c(cc2S(=O)(=O)O)-c2cc(S(=O)(=O)O)c(NC(=O)C=Cc4ccc(OC)c(OC)c4Cl)cc2S3(=O)=O)c(Cl)c1OC. The Morgan fingerprint density at radius 3 is 1.31 bits per heavy atom. The lowest BCUT2D eigenvalue weighted by atomic mass is 10.0. The summed E-state index contributed by atoms with van der Waals surface area (Å²) < 4.78 is 119. The maximum atomic E-state index is 13.8. The molecule has 1 aliphatic heterocycles. The lowest BCUT2D eigenvalue weighted by Crippen LogP contribution is -2.13. The van der Waals surface area contributed by atoms with Crippen molar-refractivity contribution in [3.63, 3.8) is 0 Å². The second-order valence-corrected chi connectivity index (χ2v) is 16.6. The summed E-state index contributed by atoms with van der Waals surface area (Å²) >= 11 is 12.7. The second-order valence-electron chi connectivity index (χ2n) is 11.2. The summed E-state index contributed by atoms with van der Waals surface area (Å²) in [5.41, 5.74) is -1.55. The molecule has 0 aromatic heterocycles. The summed E-state index contributed by atoms with van der Waals surface area (Å²) in [5.74, 6) is -1.02. The standard InChI is InChI=1S/C34H28Cl2N2O14S3/c1-49-23-9-5-17(31(35)33(23)51-3)7-11-29(39)37-21-15-25-19(13-27(21)54(43,44)45)20-14-28(55(46,47)48)22(16-26(20)53(25,41)42)38-30(40)12-8-18-6-10-24(50-2)34(52-4)32(18)36/h5-16H,1-4H3,(H,37,39)(H,38,40)(H,43,44,45)(H,46,47,48). The van der Waals surface area contributed by atoms with Crippen molar-refractivity contribution < 1.29 is 62.9 Å². The number of carbonyl (C=O) groups excluding carboxylic acids is 2. The molecule has 0 radical (unpaired) electrons. The van der Waals surface area contributed by atoms with Crippen molar-refractivity contribution in [1.29, 1.82) is 0 Å². The molecule has 1 aliphatic rings. The van der Waals surface area contributed by atoms with Crippen LogP contribution in [0, 0.1) is 0 Å². The van der Waals surface area contributed by atoms with E-state index in [0.717, 1.165) is 24.3 Å². The molecule has 0 saturated carbocycles. The number of ether oxygens (including phenoxy) is 4. The average Bonchev–Trinajstić information content (AvgIpc) is 3.33. The fourth-order valence-corrected chi connectivity index (χ4v) is 9.07. The highest BCUT2D eigenvalue weighted by Crippen LogP contribution is 2.48. The fourth-order valence-electron chi connectivity index (χ4n) is 5.47. The maximum Gasteiger partial charge on any atom is 0.296 e. The highest BCUT2D eigenvalue weighted by Gasteiger charge is 2.38. The van der Waals surface area contributed by atoms with Gasteiger partial charge in [-0.3, -0.25) is 18.7 Å². The van der Waals surface area contributed by atoms with Crippen LogP contribution in [0.5, 0.6) is 23.0 Å². The van der Waals surface area contributed by atoms with E-state index in [1.165, 1.54) is 64.9 Å². The zero-order chi connectivity index (χ0) is 40.6. The monoisotopic (exact) mass is 854 g/mol. The first kappa shape index (κ1) is 41.0. The number of methoxy groups -OCH3 is 4. The molecule has 16 nitrogen and oxygen atoms in total. The van der Waals surface area contributed by atoms with Gasteiger partial charge in [-0.25, -0.2) is 8.42 Å². The molecular weight excluding hydrogens is 827 g/mol. The average molecular weight is 856 g/mol. The summed E-state index contributed by atoms with van der Waals surface area (Å²) in [5, 5.41) is 4.58. The van der Waals surface area contributed by atoms with Crippen molar-refractivity contribution in [3.05, 3.63) is 81.9 Å². The number of carbonyl (C=O) groups is 2. The van der Waals surface area contributed by atoms with Crippen LogP contribution in [0.4, 0.5) is 11.4 Å². The van der Waals surface area contributed by atoms with Crippen LogP contribution in [-0.2, 0) is 39.7 Å². The lowest BCUT2D eigenvalue weighted by Gasteiger charge is -2.12. The first-order valence-electron chi connectivity index (χ1n) is 15.1. The number of fused-ring (bicyclic) bond motifs is 3. The molecule has 290 valence electrons. The highest BCUT2D eigenvalue weighted by molar-refractivity contribution is 7.92. The minimum absolute atomic E-state index is 0.0732. The number of hydrogen-bond donors (Lipinski definition) is 4. The molecule has 4 aromatic rings. The molecule has 0 fully saturated rings. The van der Waals surface area contributed by atoms with Crippen molar-refractivity contribution >= 4 is 88.6 Å². The van der Waals surface area contributed by atoms with E-state index < -0.39 is 84.0 Å². The van der Waals surface area contributed by atoms with Crippen LogP contribution in [0.1, 0.15) is 11.1 Å². The minimum Gasteiger partial charge on any atom is -0.493 e. The highest BCUT2D eigenvalue weighted by atomic mass is 35.5. The van der Waals surface area contributed by atoms with Gasteiger partial charge in [0.25, 0.3) is 20.2 Å². The molecule has 55 heavy (non-hydrogen) atoms. The number of hydrogen-bond acceptors (Lipinski definition) is 12. The molecule has 4 aromatic carbocycles. The maximum absolute atomic E-state index is 13.8. The van der Waals surface area contributed by atoms with Crippen molar-refractivity contribution in [2.45, 2.75) is 19.6 Å². The van der Waals surface area contributed by atoms with Gasteiger partial charge in [0, 0.05) is 23.3 Å². The first-order valence-corrected chi connectivity index (χ1v) is 20.2. The van der Waals surface area contributed by atoms with E-state index in [4.69, 9.17) is 42.1 Å². The van der Waals surface area contributed by atoms with Gasteiger partial charge in [0.05, 0.1) is 59.7 Å². The third-order valence-corrected chi connectivity index (χ3v) is 12.4. The van der Waals surface area contributed by atoms with Crippen molar-refractivity contribution in [3.8, 4) is 34.1 Å². The van der Waals surface area contributed by atoms with Crippen LogP contribution in [0.3, 0.4) is 0 Å². The Morgan fingerprint density at radius 1 is 0.636 bits per heavy atom. The van der Waals surface area contributed by atoms with Gasteiger partial charge in [-0.15, -0.1) is 0 Å². The number of halogens is 2. The summed E-state index contributed by atoms with van der Waals surface area (Å²) in [7, 11) is -9.51. The molecule has 2 amide bonds. The second kappa shape index (κ2) is 15.5. The number of anilines is 2. The van der Waals surface area contributed by atoms with Crippen LogP contribution in [-0.4, -0.2) is 74.6 Å². The van der Waals surface area contributed by atoms with Crippen LogP contribution < -0.4 is 29.6 Å². The minimum atomic E-state index is -5.18. The predicted molar refractivity (Wildman–Crippen MR) is 201 cm³/mol. The Balaban J connectivity index is 1.53. The van der Waals surface area contributed by atoms with E-state index in [-0.39, 0.29) is 32.7 Å². The Morgan fingerprint density at radius 2 is 1.00 bits per heavy atom. The van der Waals surface area contributed by atoms with Crippen molar-refractivity contribution in [1.82, 2.24) is 0 Å². The van der Waals surface area contributed by atoms with Gasteiger partial charge in [-0.2, -0.15) is 16.8 Å². The number of nitrogens with one attached hydrogen (secondary N) is 2. The van der Waals surface area contributed by atoms with Gasteiger partial charge in [0.2, 0.25) is 21.7 Å². The number of amides is 2. The van der Waals surface area contributed by atoms with Crippen molar-refractivity contribution in [2.75, 3.05) is 39.1 Å². The fraction of sp³-hybridized carbons (Fsp3) is 0.118. The molecule has 0 atom stereocenters. The van der Waals surface area contributed by atoms with Gasteiger partial charge in [0.15, 0.2) is 23.0 Å². The van der Waals surface area contributed by atoms with Crippen LogP contribution in [0.15, 0.2) is 80.3 Å². The quantitative estimate of drug-likeness (QED) is 0.0878. The Hall–Kier alpha value is -5.15. The smallest absolute Gasteiger partial charge is 0.296 e. The summed E-state index contributed by atoms with van der Waals surface area (Å²) in [6, 6.07) is 8.95. The predicted octanol–water partition coefficient (Wildman–Crippen LogP) is 5.64. The van der Waals surface area contributed by atoms with E-state index >= 15 is 0 Å².